The van der Waals surface area contributed by atoms with Gasteiger partial charge in [-0.25, -0.2) is 13.5 Å². The molecule has 1 N–H and O–H groups in total. The Morgan fingerprint density at radius 2 is 2.00 bits per heavy atom. The van der Waals surface area contributed by atoms with Crippen molar-refractivity contribution < 1.29 is 13.6 Å². The van der Waals surface area contributed by atoms with Gasteiger partial charge in [0.25, 0.3) is 6.43 Å². The van der Waals surface area contributed by atoms with Crippen LogP contribution in [0.25, 0.3) is 0 Å². The number of aromatic nitrogens is 5. The summed E-state index contributed by atoms with van der Waals surface area (Å²) in [6.07, 6.45) is -0.142. The zero-order chi connectivity index (χ0) is 20.0. The fourth-order valence-corrected chi connectivity index (χ4v) is 3.45. The van der Waals surface area contributed by atoms with Crippen molar-refractivity contribution in [3.05, 3.63) is 69.9 Å². The Balaban J connectivity index is 1.95. The number of carbonyl (C=O) groups is 1. The number of rotatable bonds is 4. The van der Waals surface area contributed by atoms with Crippen LogP contribution < -0.4 is 5.32 Å². The Bertz CT molecular complexity index is 1090. The number of anilines is 1. The van der Waals surface area contributed by atoms with E-state index in [4.69, 9.17) is 11.6 Å². The summed E-state index contributed by atoms with van der Waals surface area (Å²) in [5.41, 5.74) is 0.689. The van der Waals surface area contributed by atoms with Gasteiger partial charge in [0.05, 0.1) is 22.5 Å². The number of hydrogen-bond acceptors (Lipinski definition) is 5. The number of nitrogens with one attached hydrogen (secondary N) is 1. The molecule has 3 aromatic rings. The van der Waals surface area contributed by atoms with E-state index >= 15 is 0 Å². The Labute approximate surface area is 163 Å². The van der Waals surface area contributed by atoms with Crippen LogP contribution >= 0.6 is 11.6 Å². The first kappa shape index (κ1) is 18.3. The molecule has 0 fully saturated rings. The molecule has 0 spiro atoms. The van der Waals surface area contributed by atoms with Crippen molar-refractivity contribution in [3.8, 4) is 0 Å². The lowest BCUT2D eigenvalue weighted by atomic mass is 9.89. The predicted molar refractivity (Wildman–Crippen MR) is 98.5 cm³/mol. The van der Waals surface area contributed by atoms with Crippen LogP contribution in [0.5, 0.6) is 0 Å². The molecule has 0 saturated heterocycles. The van der Waals surface area contributed by atoms with Crippen LogP contribution in [0.4, 0.5) is 14.7 Å². The number of alkyl halides is 2. The van der Waals surface area contributed by atoms with Gasteiger partial charge in [-0.2, -0.15) is 15.2 Å². The van der Waals surface area contributed by atoms with E-state index in [0.29, 0.717) is 16.3 Å². The molecule has 10 heteroatoms. The number of ketones is 1. The molecule has 1 atom stereocenters. The molecule has 0 bridgehead atoms. The smallest absolute Gasteiger partial charge is 0.278 e. The van der Waals surface area contributed by atoms with Crippen molar-refractivity contribution in [2.45, 2.75) is 19.4 Å². The van der Waals surface area contributed by atoms with Crippen molar-refractivity contribution in [1.29, 1.82) is 0 Å². The van der Waals surface area contributed by atoms with Crippen molar-refractivity contribution in [1.82, 2.24) is 24.5 Å². The first-order valence-electron chi connectivity index (χ1n) is 8.36. The highest BCUT2D eigenvalue weighted by molar-refractivity contribution is 6.30. The number of benzene rings is 1. The first-order valence-corrected chi connectivity index (χ1v) is 8.73. The summed E-state index contributed by atoms with van der Waals surface area (Å²) in [7, 11) is 1.66. The second kappa shape index (κ2) is 6.83. The molecular weight excluding hydrogens is 390 g/mol. The first-order chi connectivity index (χ1) is 13.4. The van der Waals surface area contributed by atoms with Gasteiger partial charge in [0.1, 0.15) is 12.4 Å². The molecule has 4 rings (SSSR count). The lowest BCUT2D eigenvalue weighted by molar-refractivity contribution is 0.101. The van der Waals surface area contributed by atoms with Crippen molar-refractivity contribution >= 4 is 23.3 Å². The van der Waals surface area contributed by atoms with Crippen molar-refractivity contribution in [3.63, 3.8) is 0 Å². The molecule has 144 valence electrons. The molecule has 0 saturated carbocycles. The summed E-state index contributed by atoms with van der Waals surface area (Å²) < 4.78 is 30.8. The van der Waals surface area contributed by atoms with Gasteiger partial charge in [0, 0.05) is 18.3 Å². The lowest BCUT2D eigenvalue weighted by Gasteiger charge is -2.29. The third-order valence-corrected chi connectivity index (χ3v) is 4.79. The molecule has 0 amide bonds. The highest BCUT2D eigenvalue weighted by Crippen LogP contribution is 2.38. The molecule has 1 aromatic carbocycles. The van der Waals surface area contributed by atoms with E-state index in [-0.39, 0.29) is 17.1 Å². The molecule has 0 radical (unpaired) electrons. The summed E-state index contributed by atoms with van der Waals surface area (Å²) in [5.74, 6) is -0.413. The molecule has 0 unspecified atom stereocenters. The zero-order valence-corrected chi connectivity index (χ0v) is 15.7. The maximum Gasteiger partial charge on any atom is 0.278 e. The molecule has 28 heavy (non-hydrogen) atoms. The van der Waals surface area contributed by atoms with Crippen LogP contribution in [0.3, 0.4) is 0 Å². The van der Waals surface area contributed by atoms with Gasteiger partial charge in [-0.15, -0.1) is 0 Å². The van der Waals surface area contributed by atoms with Gasteiger partial charge in [-0.1, -0.05) is 23.7 Å². The Hall–Kier alpha value is -3.07. The highest BCUT2D eigenvalue weighted by atomic mass is 35.5. The molecule has 7 nitrogen and oxygen atoms in total. The SMILES string of the molecule is Cc1nn(C)cc1C(=O)C1=C(C(F)F)Nc2ncnn2[C@H]1c1ccc(Cl)cc1. The largest absolute Gasteiger partial charge is 0.323 e. The number of carbonyl (C=O) groups excluding carboxylic acids is 1. The van der Waals surface area contributed by atoms with Crippen LogP contribution in [0.2, 0.25) is 5.02 Å². The molecule has 2 aromatic heterocycles. The Kier molecular flexibility index (Phi) is 4.46. The number of aryl methyl sites for hydroxylation is 2. The summed E-state index contributed by atoms with van der Waals surface area (Å²) in [4.78, 5) is 17.3. The van der Waals surface area contributed by atoms with E-state index in [1.807, 2.05) is 0 Å². The van der Waals surface area contributed by atoms with Crippen molar-refractivity contribution in [2.75, 3.05) is 5.32 Å². The van der Waals surface area contributed by atoms with Crippen LogP contribution in [0.15, 0.2) is 48.1 Å². The average Bonchev–Trinajstić information content (AvgIpc) is 3.25. The van der Waals surface area contributed by atoms with E-state index < -0.39 is 23.9 Å². The minimum absolute atomic E-state index is 0.105. The normalized spacial score (nSPS) is 16.3. The number of nitrogens with zero attached hydrogens (tertiary/aromatic N) is 5. The third kappa shape index (κ3) is 2.97. The van der Waals surface area contributed by atoms with Gasteiger partial charge >= 0.3 is 0 Å². The molecule has 1 aliphatic heterocycles. The topological polar surface area (TPSA) is 77.6 Å². The predicted octanol–water partition coefficient (Wildman–Crippen LogP) is 3.39. The van der Waals surface area contributed by atoms with Gasteiger partial charge in [-0.05, 0) is 24.6 Å². The van der Waals surface area contributed by atoms with E-state index in [9.17, 15) is 13.6 Å². The maximum absolute atomic E-state index is 13.9. The molecule has 3 heterocycles. The second-order valence-electron chi connectivity index (χ2n) is 6.37. The summed E-state index contributed by atoms with van der Waals surface area (Å²) in [6.45, 7) is 1.66. The molecule has 0 aliphatic carbocycles. The van der Waals surface area contributed by atoms with E-state index in [1.54, 1.807) is 38.2 Å². The van der Waals surface area contributed by atoms with E-state index in [1.165, 1.54) is 21.9 Å². The highest BCUT2D eigenvalue weighted by Gasteiger charge is 2.38. The molecule has 1 aliphatic rings. The summed E-state index contributed by atoms with van der Waals surface area (Å²) in [5, 5.41) is 11.3. The lowest BCUT2D eigenvalue weighted by Crippen LogP contribution is -2.32. The number of hydrogen-bond donors (Lipinski definition) is 1. The van der Waals surface area contributed by atoms with Gasteiger partial charge in [0.15, 0.2) is 5.78 Å². The fourth-order valence-electron chi connectivity index (χ4n) is 3.32. The quantitative estimate of drug-likeness (QED) is 0.674. The van der Waals surface area contributed by atoms with Crippen LogP contribution in [0, 0.1) is 6.92 Å². The fraction of sp³-hybridized carbons (Fsp3) is 0.222. The van der Waals surface area contributed by atoms with E-state index in [0.717, 1.165) is 0 Å². The number of allylic oxidation sites excluding steroid dienone is 2. The zero-order valence-electron chi connectivity index (χ0n) is 14.9. The number of Topliss-reactive ketones (excluding diaryl/α,β-unsaturated/α-hetero) is 1. The number of fused-ring (bicyclic) bond motifs is 1. The number of halogens is 3. The minimum atomic E-state index is -2.91. The van der Waals surface area contributed by atoms with Crippen LogP contribution in [0.1, 0.15) is 27.7 Å². The van der Waals surface area contributed by atoms with Gasteiger partial charge < -0.3 is 5.32 Å². The summed E-state index contributed by atoms with van der Waals surface area (Å²) in [6, 6.07) is 5.74. The average molecular weight is 405 g/mol. The van der Waals surface area contributed by atoms with Gasteiger partial charge in [0.2, 0.25) is 5.95 Å². The third-order valence-electron chi connectivity index (χ3n) is 4.53. The van der Waals surface area contributed by atoms with Gasteiger partial charge in [-0.3, -0.25) is 9.48 Å². The van der Waals surface area contributed by atoms with E-state index in [2.05, 4.69) is 20.5 Å². The molecular formula is C18H15ClF2N6O. The van der Waals surface area contributed by atoms with Crippen LogP contribution in [-0.2, 0) is 7.05 Å². The van der Waals surface area contributed by atoms with Crippen molar-refractivity contribution in [2.24, 2.45) is 7.05 Å². The maximum atomic E-state index is 13.9. The summed E-state index contributed by atoms with van der Waals surface area (Å²) >= 11 is 5.97. The Morgan fingerprint density at radius 3 is 2.61 bits per heavy atom. The monoisotopic (exact) mass is 404 g/mol. The van der Waals surface area contributed by atoms with Crippen LogP contribution in [-0.4, -0.2) is 36.8 Å². The second-order valence-corrected chi connectivity index (χ2v) is 6.80. The Morgan fingerprint density at radius 1 is 1.29 bits per heavy atom. The standard InChI is InChI=1S/C18H15ClF2N6O/c1-9-12(7-26(2)25-9)16(28)13-14(17(20)21)24-18-22-8-23-27(18)15(13)10-3-5-11(19)6-4-10/h3-8,15,17H,1-2H3,(H,22,23,24)/t15-/m0/s1. The minimum Gasteiger partial charge on any atom is -0.323 e.